The van der Waals surface area contributed by atoms with Gasteiger partial charge in [0.1, 0.15) is 54.9 Å². The summed E-state index contributed by atoms with van der Waals surface area (Å²) in [6, 6.07) is 0. The van der Waals surface area contributed by atoms with Crippen molar-refractivity contribution in [2.75, 3.05) is 33.0 Å². The van der Waals surface area contributed by atoms with Crippen molar-refractivity contribution in [1.82, 2.24) is 0 Å². The van der Waals surface area contributed by atoms with E-state index in [9.17, 15) is 40.5 Å². The van der Waals surface area contributed by atoms with Crippen LogP contribution in [0, 0.1) is 0 Å². The van der Waals surface area contributed by atoms with Gasteiger partial charge >= 0.3 is 5.97 Å². The fourth-order valence-corrected chi connectivity index (χ4v) is 7.64. The van der Waals surface area contributed by atoms with Crippen LogP contribution in [0.5, 0.6) is 0 Å². The molecule has 2 aliphatic heterocycles. The highest BCUT2D eigenvalue weighted by Gasteiger charge is 2.47. The second-order valence-electron chi connectivity index (χ2n) is 18.3. The zero-order valence-corrected chi connectivity index (χ0v) is 44.1. The number of hydrogen-bond acceptors (Lipinski definition) is 14. The van der Waals surface area contributed by atoms with Crippen molar-refractivity contribution in [1.29, 1.82) is 0 Å². The Morgan fingerprint density at radius 1 is 0.452 bits per heavy atom. The maximum absolute atomic E-state index is 13.0. The van der Waals surface area contributed by atoms with E-state index in [-0.39, 0.29) is 19.6 Å². The molecule has 2 fully saturated rings. The molecule has 14 heteroatoms. The molecule has 2 rings (SSSR count). The number of ether oxygens (including phenoxy) is 6. The Balaban J connectivity index is 1.78. The highest BCUT2D eigenvalue weighted by Crippen LogP contribution is 2.26. The van der Waals surface area contributed by atoms with Gasteiger partial charge in [-0.1, -0.05) is 161 Å². The van der Waals surface area contributed by atoms with Crippen molar-refractivity contribution in [3.05, 3.63) is 122 Å². The lowest BCUT2D eigenvalue weighted by Crippen LogP contribution is -2.61. The Morgan fingerprint density at radius 3 is 1.33 bits per heavy atom. The molecule has 0 bridgehead atoms. The molecule has 0 amide bonds. The quantitative estimate of drug-likeness (QED) is 0.0173. The molecule has 2 aliphatic rings. The maximum atomic E-state index is 13.0. The van der Waals surface area contributed by atoms with Crippen molar-refractivity contribution in [3.8, 4) is 0 Å². The monoisotopic (exact) mass is 1030 g/mol. The summed E-state index contributed by atoms with van der Waals surface area (Å²) in [6.07, 6.45) is 45.5. The van der Waals surface area contributed by atoms with Crippen LogP contribution < -0.4 is 0 Å². The molecular formula is C59H94O14. The lowest BCUT2D eigenvalue weighted by atomic mass is 9.98. The molecule has 0 aliphatic carbocycles. The predicted molar refractivity (Wildman–Crippen MR) is 288 cm³/mol. The molecular weight excluding hydrogens is 933 g/mol. The summed E-state index contributed by atoms with van der Waals surface area (Å²) in [5, 5.41) is 72.2. The number of aliphatic hydroxyl groups excluding tert-OH is 7. The Bertz CT molecular complexity index is 1660. The molecule has 2 heterocycles. The Labute approximate surface area is 437 Å². The topological polar surface area (TPSA) is 214 Å². The average molecular weight is 1030 g/mol. The molecule has 0 aromatic rings. The minimum absolute atomic E-state index is 0.0192. The number of aliphatic hydroxyl groups is 7. The van der Waals surface area contributed by atoms with Gasteiger partial charge in [-0.25, -0.2) is 0 Å². The van der Waals surface area contributed by atoms with E-state index in [0.29, 0.717) is 19.4 Å². The van der Waals surface area contributed by atoms with Crippen LogP contribution in [0.3, 0.4) is 0 Å². The molecule has 0 aromatic heterocycles. The standard InChI is InChI=1S/C59H94O14/c1-3-5-7-9-11-13-15-17-19-21-22-23-24-25-27-29-31-33-35-37-39-41-43-68-45-48(71-51(61)42-40-38-36-34-32-30-28-26-20-18-16-14-12-10-8-6-4-2)46-69-58-57(67)55(65)53(63)50(73-58)47-70-59-56(66)54(64)52(62)49(44-60)72-59/h5-8,11-14,17-20,22-23,25,27-28,30,34,36,48-50,52-60,62-67H,3-4,9-10,15-16,21,24,26,29,31-33,35,37-47H2,1-2H3/b7-5-,8-6-,13-11-,14-12-,19-17-,20-18-,23-22-,27-25-,30-28-,36-34-. The zero-order valence-electron chi connectivity index (χ0n) is 44.1. The van der Waals surface area contributed by atoms with E-state index in [4.69, 9.17) is 28.4 Å². The van der Waals surface area contributed by atoms with E-state index in [0.717, 1.165) is 109 Å². The van der Waals surface area contributed by atoms with Gasteiger partial charge in [-0.2, -0.15) is 0 Å². The van der Waals surface area contributed by atoms with Gasteiger partial charge in [0.2, 0.25) is 0 Å². The minimum Gasteiger partial charge on any atom is -0.457 e. The first kappa shape index (κ1) is 65.5. The number of rotatable bonds is 41. The smallest absolute Gasteiger partial charge is 0.306 e. The highest BCUT2D eigenvalue weighted by atomic mass is 16.7. The number of esters is 1. The fourth-order valence-electron chi connectivity index (χ4n) is 7.64. The summed E-state index contributed by atoms with van der Waals surface area (Å²) in [7, 11) is 0. The van der Waals surface area contributed by atoms with Crippen molar-refractivity contribution in [3.63, 3.8) is 0 Å². The lowest BCUT2D eigenvalue weighted by molar-refractivity contribution is -0.332. The number of allylic oxidation sites excluding steroid dienone is 20. The lowest BCUT2D eigenvalue weighted by Gasteiger charge is -2.42. The molecule has 7 N–H and O–H groups in total. The maximum Gasteiger partial charge on any atom is 0.306 e. The predicted octanol–water partition coefficient (Wildman–Crippen LogP) is 8.96. The summed E-state index contributed by atoms with van der Waals surface area (Å²) in [5.74, 6) is -0.444. The molecule has 0 saturated carbocycles. The SMILES string of the molecule is CC/C=C\C/C=C\C/C=C\C/C=C\C/C=C\CCCCCCCCOCC(COC1OC(COC2OC(CO)C(O)C(O)C2O)C(O)C(O)C1O)OC(=O)CCC/C=C\C/C=C\C/C=C\C/C=C\C/C=C\CC. The molecule has 11 unspecified atom stereocenters. The number of carbonyl (C=O) groups excluding carboxylic acids is 1. The van der Waals surface area contributed by atoms with Crippen LogP contribution in [0.25, 0.3) is 0 Å². The molecule has 73 heavy (non-hydrogen) atoms. The van der Waals surface area contributed by atoms with Gasteiger partial charge in [0.05, 0.1) is 26.4 Å². The summed E-state index contributed by atoms with van der Waals surface area (Å²) in [4.78, 5) is 13.0. The van der Waals surface area contributed by atoms with E-state index in [2.05, 4.69) is 129 Å². The Morgan fingerprint density at radius 2 is 0.849 bits per heavy atom. The van der Waals surface area contributed by atoms with Crippen LogP contribution in [-0.4, -0.2) is 142 Å². The van der Waals surface area contributed by atoms with Crippen LogP contribution in [0.4, 0.5) is 0 Å². The molecule has 0 radical (unpaired) electrons. The third-order valence-corrected chi connectivity index (χ3v) is 12.0. The van der Waals surface area contributed by atoms with Crippen LogP contribution in [-0.2, 0) is 33.2 Å². The van der Waals surface area contributed by atoms with Crippen LogP contribution in [0.15, 0.2) is 122 Å². The van der Waals surface area contributed by atoms with E-state index >= 15 is 0 Å². The zero-order chi connectivity index (χ0) is 53.0. The molecule has 414 valence electrons. The third kappa shape index (κ3) is 31.8. The Kier molecular flexibility index (Phi) is 40.1. The molecule has 0 aromatic carbocycles. The third-order valence-electron chi connectivity index (χ3n) is 12.0. The second kappa shape index (κ2) is 44.7. The van der Waals surface area contributed by atoms with Gasteiger partial charge in [0.25, 0.3) is 0 Å². The minimum atomic E-state index is -1.73. The largest absolute Gasteiger partial charge is 0.457 e. The first-order valence-electron chi connectivity index (χ1n) is 27.1. The summed E-state index contributed by atoms with van der Waals surface area (Å²) in [5.41, 5.74) is 0. The van der Waals surface area contributed by atoms with Gasteiger partial charge in [0.15, 0.2) is 12.6 Å². The molecule has 11 atom stereocenters. The molecule has 2 saturated heterocycles. The fraction of sp³-hybridized carbons (Fsp3) is 0.644. The van der Waals surface area contributed by atoms with Gasteiger partial charge in [0, 0.05) is 13.0 Å². The van der Waals surface area contributed by atoms with E-state index in [1.54, 1.807) is 0 Å². The first-order chi connectivity index (χ1) is 35.6. The number of unbranched alkanes of at least 4 members (excludes halogenated alkanes) is 7. The molecule has 0 spiro atoms. The van der Waals surface area contributed by atoms with Crippen LogP contribution >= 0.6 is 0 Å². The Hall–Kier alpha value is -3.61. The highest BCUT2D eigenvalue weighted by molar-refractivity contribution is 5.69. The first-order valence-corrected chi connectivity index (χ1v) is 27.1. The van der Waals surface area contributed by atoms with E-state index in [1.165, 1.54) is 0 Å². The van der Waals surface area contributed by atoms with Crippen molar-refractivity contribution in [2.24, 2.45) is 0 Å². The summed E-state index contributed by atoms with van der Waals surface area (Å²) < 4.78 is 34.2. The number of hydrogen-bond donors (Lipinski definition) is 7. The molecule has 14 nitrogen and oxygen atoms in total. The average Bonchev–Trinajstić information content (AvgIpc) is 3.39. The second-order valence-corrected chi connectivity index (χ2v) is 18.3. The van der Waals surface area contributed by atoms with Crippen LogP contribution in [0.2, 0.25) is 0 Å². The summed E-state index contributed by atoms with van der Waals surface area (Å²) >= 11 is 0. The van der Waals surface area contributed by atoms with Crippen molar-refractivity contribution in [2.45, 2.75) is 210 Å². The summed E-state index contributed by atoms with van der Waals surface area (Å²) in [6.45, 7) is 3.31. The van der Waals surface area contributed by atoms with Crippen molar-refractivity contribution < 1.29 is 69.0 Å². The van der Waals surface area contributed by atoms with E-state index in [1.807, 2.05) is 6.08 Å². The van der Waals surface area contributed by atoms with Gasteiger partial charge in [-0.15, -0.1) is 0 Å². The normalized spacial score (nSPS) is 25.9. The van der Waals surface area contributed by atoms with Gasteiger partial charge < -0.3 is 64.2 Å². The number of carbonyl (C=O) groups is 1. The van der Waals surface area contributed by atoms with Gasteiger partial charge in [-0.05, 0) is 96.3 Å². The van der Waals surface area contributed by atoms with Gasteiger partial charge in [-0.3, -0.25) is 4.79 Å². The van der Waals surface area contributed by atoms with Crippen LogP contribution in [0.1, 0.15) is 142 Å². The van der Waals surface area contributed by atoms with E-state index < -0.39 is 86.7 Å². The van der Waals surface area contributed by atoms with Crippen molar-refractivity contribution >= 4 is 5.97 Å².